The van der Waals surface area contributed by atoms with Gasteiger partial charge in [-0.2, -0.15) is 9.57 Å². The molecule has 0 unspecified atom stereocenters. The molecule has 0 aromatic heterocycles. The van der Waals surface area contributed by atoms with Crippen LogP contribution < -0.4 is 10.1 Å². The topological polar surface area (TPSA) is 99.5 Å². The highest BCUT2D eigenvalue weighted by Crippen LogP contribution is 2.21. The Kier molecular flexibility index (Phi) is 6.86. The molecule has 1 N–H and O–H groups in total. The minimum Gasteiger partial charge on any atom is -0.482 e. The van der Waals surface area contributed by atoms with Gasteiger partial charge in [0, 0.05) is 19.6 Å². The molecule has 1 aliphatic heterocycles. The highest BCUT2D eigenvalue weighted by molar-refractivity contribution is 7.89. The lowest BCUT2D eigenvalue weighted by molar-refractivity contribution is -0.123. The maximum absolute atomic E-state index is 12.8. The predicted octanol–water partition coefficient (Wildman–Crippen LogP) is 2.43. The summed E-state index contributed by atoms with van der Waals surface area (Å²) in [4.78, 5) is 12.3. The van der Waals surface area contributed by atoms with E-state index in [1.807, 2.05) is 6.07 Å². The third-order valence-corrected chi connectivity index (χ3v) is 6.60. The van der Waals surface area contributed by atoms with Crippen molar-refractivity contribution >= 4 is 15.9 Å². The zero-order chi connectivity index (χ0) is 20.7. The molecule has 1 saturated heterocycles. The molecule has 0 saturated carbocycles. The van der Waals surface area contributed by atoms with E-state index in [0.717, 1.165) is 19.3 Å². The lowest BCUT2D eigenvalue weighted by Crippen LogP contribution is -2.35. The summed E-state index contributed by atoms with van der Waals surface area (Å²) >= 11 is 0. The minimum absolute atomic E-state index is 0.186. The summed E-state index contributed by atoms with van der Waals surface area (Å²) in [6.07, 6.45) is 2.81. The van der Waals surface area contributed by atoms with E-state index in [4.69, 9.17) is 10.00 Å². The number of carbonyl (C=O) groups is 1. The lowest BCUT2D eigenvalue weighted by Gasteiger charge is -2.26. The van der Waals surface area contributed by atoms with Gasteiger partial charge in [-0.3, -0.25) is 4.79 Å². The quantitative estimate of drug-likeness (QED) is 0.752. The van der Waals surface area contributed by atoms with E-state index in [0.29, 0.717) is 30.0 Å². The maximum Gasteiger partial charge on any atom is 0.258 e. The number of nitriles is 1. The first-order valence-electron chi connectivity index (χ1n) is 9.48. The summed E-state index contributed by atoms with van der Waals surface area (Å²) < 4.78 is 32.5. The zero-order valence-electron chi connectivity index (χ0n) is 16.0. The van der Waals surface area contributed by atoms with Gasteiger partial charge in [-0.25, -0.2) is 8.42 Å². The number of nitrogens with one attached hydrogen (secondary N) is 1. The van der Waals surface area contributed by atoms with Crippen molar-refractivity contribution in [2.45, 2.75) is 30.7 Å². The van der Waals surface area contributed by atoms with Gasteiger partial charge in [0.2, 0.25) is 10.0 Å². The van der Waals surface area contributed by atoms with Crippen LogP contribution in [0.5, 0.6) is 5.75 Å². The normalized spacial score (nSPS) is 14.7. The zero-order valence-corrected chi connectivity index (χ0v) is 16.8. The van der Waals surface area contributed by atoms with Crippen molar-refractivity contribution in [3.05, 3.63) is 59.7 Å². The molecule has 0 spiro atoms. The Morgan fingerprint density at radius 1 is 1.10 bits per heavy atom. The second kappa shape index (κ2) is 9.54. The summed E-state index contributed by atoms with van der Waals surface area (Å²) in [5, 5.41) is 11.7. The number of nitrogens with zero attached hydrogens (tertiary/aromatic N) is 2. The summed E-state index contributed by atoms with van der Waals surface area (Å²) in [5.74, 6) is -0.0122. The standard InChI is InChI=1S/C21H23N3O4S/c22-14-18-8-2-3-10-20(18)28-16-21(25)23-15-17-7-6-9-19(13-17)29(26,27)24-11-4-1-5-12-24/h2-3,6-10,13H,1,4-5,11-12,15-16H2,(H,23,25). The fraction of sp³-hybridized carbons (Fsp3) is 0.333. The predicted molar refractivity (Wildman–Crippen MR) is 108 cm³/mol. The monoisotopic (exact) mass is 413 g/mol. The molecular formula is C21H23N3O4S. The minimum atomic E-state index is -3.51. The lowest BCUT2D eigenvalue weighted by atomic mass is 10.2. The summed E-state index contributed by atoms with van der Waals surface area (Å²) in [6, 6.07) is 15.3. The van der Waals surface area contributed by atoms with Crippen molar-refractivity contribution in [2.24, 2.45) is 0 Å². The first-order chi connectivity index (χ1) is 14.0. The van der Waals surface area contributed by atoms with Crippen LogP contribution in [0, 0.1) is 11.3 Å². The Bertz CT molecular complexity index is 1010. The molecule has 1 heterocycles. The van der Waals surface area contributed by atoms with Gasteiger partial charge in [0.1, 0.15) is 11.8 Å². The molecule has 0 aliphatic carbocycles. The van der Waals surface area contributed by atoms with Crippen LogP contribution in [-0.2, 0) is 21.4 Å². The highest BCUT2D eigenvalue weighted by Gasteiger charge is 2.25. The molecule has 7 nitrogen and oxygen atoms in total. The summed E-state index contributed by atoms with van der Waals surface area (Å²) in [5.41, 5.74) is 1.05. The van der Waals surface area contributed by atoms with E-state index in [2.05, 4.69) is 5.32 Å². The molecule has 0 radical (unpaired) electrons. The van der Waals surface area contributed by atoms with Gasteiger partial charge in [0.05, 0.1) is 10.5 Å². The smallest absolute Gasteiger partial charge is 0.258 e. The van der Waals surface area contributed by atoms with Crippen LogP contribution in [0.2, 0.25) is 0 Å². The van der Waals surface area contributed by atoms with Crippen LogP contribution in [0.1, 0.15) is 30.4 Å². The molecular weight excluding hydrogens is 390 g/mol. The fourth-order valence-corrected chi connectivity index (χ4v) is 4.74. The third-order valence-electron chi connectivity index (χ3n) is 4.71. The summed E-state index contributed by atoms with van der Waals surface area (Å²) in [7, 11) is -3.51. The second-order valence-electron chi connectivity index (χ2n) is 6.79. The Balaban J connectivity index is 1.57. The molecule has 152 valence electrons. The molecule has 8 heteroatoms. The molecule has 2 aromatic rings. The second-order valence-corrected chi connectivity index (χ2v) is 8.72. The Morgan fingerprint density at radius 3 is 2.62 bits per heavy atom. The van der Waals surface area contributed by atoms with Gasteiger partial charge < -0.3 is 10.1 Å². The van der Waals surface area contributed by atoms with E-state index in [-0.39, 0.29) is 24.0 Å². The van der Waals surface area contributed by atoms with Gasteiger partial charge in [-0.05, 0) is 42.7 Å². The number of rotatable bonds is 7. The number of hydrogen-bond acceptors (Lipinski definition) is 5. The highest BCUT2D eigenvalue weighted by atomic mass is 32.2. The third kappa shape index (κ3) is 5.34. The molecule has 0 bridgehead atoms. The van der Waals surface area contributed by atoms with Gasteiger partial charge in [-0.15, -0.1) is 0 Å². The fourth-order valence-electron chi connectivity index (χ4n) is 3.15. The number of hydrogen-bond donors (Lipinski definition) is 1. The van der Waals surface area contributed by atoms with Crippen molar-refractivity contribution in [3.63, 3.8) is 0 Å². The number of piperidine rings is 1. The van der Waals surface area contributed by atoms with E-state index in [9.17, 15) is 13.2 Å². The van der Waals surface area contributed by atoms with E-state index in [1.54, 1.807) is 48.5 Å². The van der Waals surface area contributed by atoms with Gasteiger partial charge in [0.15, 0.2) is 6.61 Å². The van der Waals surface area contributed by atoms with Crippen molar-refractivity contribution in [1.82, 2.24) is 9.62 Å². The van der Waals surface area contributed by atoms with Crippen LogP contribution >= 0.6 is 0 Å². The first-order valence-corrected chi connectivity index (χ1v) is 10.9. The number of ether oxygens (including phenoxy) is 1. The molecule has 0 atom stereocenters. The van der Waals surface area contributed by atoms with Crippen LogP contribution in [0.25, 0.3) is 0 Å². The van der Waals surface area contributed by atoms with Crippen LogP contribution in [0.15, 0.2) is 53.4 Å². The molecule has 2 aromatic carbocycles. The number of benzene rings is 2. The Morgan fingerprint density at radius 2 is 1.86 bits per heavy atom. The van der Waals surface area contributed by atoms with Crippen LogP contribution in [-0.4, -0.2) is 38.3 Å². The van der Waals surface area contributed by atoms with Crippen molar-refractivity contribution in [3.8, 4) is 11.8 Å². The van der Waals surface area contributed by atoms with Crippen molar-refractivity contribution in [2.75, 3.05) is 19.7 Å². The number of amides is 1. The average molecular weight is 413 g/mol. The average Bonchev–Trinajstić information content (AvgIpc) is 2.77. The maximum atomic E-state index is 12.8. The van der Waals surface area contributed by atoms with Crippen LogP contribution in [0.4, 0.5) is 0 Å². The molecule has 1 fully saturated rings. The number of carbonyl (C=O) groups excluding carboxylic acids is 1. The van der Waals surface area contributed by atoms with Gasteiger partial charge >= 0.3 is 0 Å². The van der Waals surface area contributed by atoms with E-state index < -0.39 is 10.0 Å². The molecule has 1 amide bonds. The van der Waals surface area contributed by atoms with Crippen molar-refractivity contribution < 1.29 is 17.9 Å². The number of para-hydroxylation sites is 1. The molecule has 29 heavy (non-hydrogen) atoms. The SMILES string of the molecule is N#Cc1ccccc1OCC(=O)NCc1cccc(S(=O)(=O)N2CCCCC2)c1. The Labute approximate surface area is 171 Å². The largest absolute Gasteiger partial charge is 0.482 e. The van der Waals surface area contributed by atoms with Gasteiger partial charge in [-0.1, -0.05) is 30.7 Å². The summed E-state index contributed by atoms with van der Waals surface area (Å²) in [6.45, 7) is 1.05. The van der Waals surface area contributed by atoms with E-state index >= 15 is 0 Å². The first kappa shape index (κ1) is 20.8. The Hall–Kier alpha value is -2.89. The molecule has 3 rings (SSSR count). The van der Waals surface area contributed by atoms with Crippen LogP contribution in [0.3, 0.4) is 0 Å². The molecule has 1 aliphatic rings. The van der Waals surface area contributed by atoms with E-state index in [1.165, 1.54) is 4.31 Å². The number of sulfonamides is 1. The van der Waals surface area contributed by atoms with Crippen molar-refractivity contribution in [1.29, 1.82) is 5.26 Å². The van der Waals surface area contributed by atoms with Gasteiger partial charge in [0.25, 0.3) is 5.91 Å².